The molecular formula is C19H36N2O. The lowest BCUT2D eigenvalue weighted by atomic mass is 10.0. The molecule has 1 rings (SSSR count). The topological polar surface area (TPSA) is 37.9 Å². The molecule has 22 heavy (non-hydrogen) atoms. The first-order valence-corrected chi connectivity index (χ1v) is 9.55. The number of rotatable bonds is 16. The summed E-state index contributed by atoms with van der Waals surface area (Å²) in [5.74, 6) is 0.856. The molecule has 1 aromatic heterocycles. The molecule has 0 aliphatic heterocycles. The molecule has 0 aromatic carbocycles. The van der Waals surface area contributed by atoms with Crippen LogP contribution in [0.25, 0.3) is 0 Å². The first kappa shape index (κ1) is 19.1. The maximum Gasteiger partial charge on any atom is 0.156 e. The van der Waals surface area contributed by atoms with Gasteiger partial charge in [-0.05, 0) is 6.42 Å². The largest absolute Gasteiger partial charge is 0.490 e. The maximum absolute atomic E-state index is 5.56. The van der Waals surface area contributed by atoms with Gasteiger partial charge in [0.1, 0.15) is 0 Å². The van der Waals surface area contributed by atoms with Crippen LogP contribution in [0.5, 0.6) is 5.75 Å². The van der Waals surface area contributed by atoms with Crippen LogP contribution in [0.4, 0.5) is 0 Å². The molecule has 0 saturated heterocycles. The summed E-state index contributed by atoms with van der Waals surface area (Å²) >= 11 is 0. The molecule has 128 valence electrons. The Morgan fingerprint density at radius 3 is 1.73 bits per heavy atom. The minimum atomic E-state index is 0.817. The summed E-state index contributed by atoms with van der Waals surface area (Å²) in [4.78, 5) is 0. The van der Waals surface area contributed by atoms with Gasteiger partial charge in [-0.3, -0.25) is 5.10 Å². The van der Waals surface area contributed by atoms with Crippen molar-refractivity contribution in [2.75, 3.05) is 6.61 Å². The normalized spacial score (nSPS) is 11.0. The third-order valence-corrected chi connectivity index (χ3v) is 4.24. The molecule has 0 spiro atoms. The van der Waals surface area contributed by atoms with E-state index in [1.54, 1.807) is 12.4 Å². The third kappa shape index (κ3) is 11.6. The van der Waals surface area contributed by atoms with Crippen LogP contribution in [-0.2, 0) is 0 Å². The summed E-state index contributed by atoms with van der Waals surface area (Å²) in [5.41, 5.74) is 0. The summed E-state index contributed by atoms with van der Waals surface area (Å²) in [6.45, 7) is 3.10. The van der Waals surface area contributed by atoms with Gasteiger partial charge in [0.2, 0.25) is 0 Å². The molecular weight excluding hydrogens is 272 g/mol. The van der Waals surface area contributed by atoms with Crippen molar-refractivity contribution >= 4 is 0 Å². The average Bonchev–Trinajstić information content (AvgIpc) is 3.04. The van der Waals surface area contributed by atoms with Crippen molar-refractivity contribution in [1.29, 1.82) is 0 Å². The molecule has 0 unspecified atom stereocenters. The highest BCUT2D eigenvalue weighted by Gasteiger charge is 1.96. The van der Waals surface area contributed by atoms with Crippen molar-refractivity contribution in [3.8, 4) is 5.75 Å². The fraction of sp³-hybridized carbons (Fsp3) is 0.842. The van der Waals surface area contributed by atoms with E-state index in [4.69, 9.17) is 4.74 Å². The van der Waals surface area contributed by atoms with Crippen molar-refractivity contribution in [3.05, 3.63) is 12.4 Å². The predicted molar refractivity (Wildman–Crippen MR) is 94.4 cm³/mol. The molecule has 0 atom stereocenters. The summed E-state index contributed by atoms with van der Waals surface area (Å²) in [6.07, 6.45) is 23.0. The monoisotopic (exact) mass is 308 g/mol. The van der Waals surface area contributed by atoms with E-state index in [9.17, 15) is 0 Å². The zero-order chi connectivity index (χ0) is 15.7. The van der Waals surface area contributed by atoms with Gasteiger partial charge in [-0.2, -0.15) is 5.10 Å². The van der Waals surface area contributed by atoms with Crippen LogP contribution in [-0.4, -0.2) is 16.8 Å². The van der Waals surface area contributed by atoms with Gasteiger partial charge in [0, 0.05) is 0 Å². The van der Waals surface area contributed by atoms with Crippen LogP contribution in [0.3, 0.4) is 0 Å². The van der Waals surface area contributed by atoms with Crippen LogP contribution in [0.15, 0.2) is 12.4 Å². The van der Waals surface area contributed by atoms with Crippen LogP contribution in [0.1, 0.15) is 96.8 Å². The highest BCUT2D eigenvalue weighted by Crippen LogP contribution is 2.13. The number of H-pyrrole nitrogens is 1. The predicted octanol–water partition coefficient (Wildman–Crippen LogP) is 6.27. The van der Waals surface area contributed by atoms with E-state index in [-0.39, 0.29) is 0 Å². The second-order valence-electron chi connectivity index (χ2n) is 6.38. The van der Waals surface area contributed by atoms with Crippen LogP contribution >= 0.6 is 0 Å². The quantitative estimate of drug-likeness (QED) is 0.365. The Morgan fingerprint density at radius 2 is 1.27 bits per heavy atom. The number of aromatic amines is 1. The minimum Gasteiger partial charge on any atom is -0.490 e. The number of ether oxygens (including phenoxy) is 1. The molecule has 3 nitrogen and oxygen atoms in total. The van der Waals surface area contributed by atoms with Crippen LogP contribution in [0, 0.1) is 0 Å². The van der Waals surface area contributed by atoms with Gasteiger partial charge in [-0.1, -0.05) is 90.4 Å². The third-order valence-electron chi connectivity index (χ3n) is 4.24. The van der Waals surface area contributed by atoms with E-state index in [1.165, 1.54) is 83.5 Å². The van der Waals surface area contributed by atoms with Gasteiger partial charge in [0.25, 0.3) is 0 Å². The zero-order valence-corrected chi connectivity index (χ0v) is 14.6. The van der Waals surface area contributed by atoms with E-state index in [1.807, 2.05) is 0 Å². The number of aromatic nitrogens is 2. The molecule has 0 radical (unpaired) electrons. The van der Waals surface area contributed by atoms with Gasteiger partial charge >= 0.3 is 0 Å². The van der Waals surface area contributed by atoms with Gasteiger partial charge in [-0.15, -0.1) is 0 Å². The molecule has 0 amide bonds. The van der Waals surface area contributed by atoms with Gasteiger partial charge in [0.15, 0.2) is 5.75 Å². The molecule has 0 saturated carbocycles. The Labute approximate surface area is 137 Å². The number of unbranched alkanes of at least 4 members (excludes halogenated alkanes) is 13. The van der Waals surface area contributed by atoms with Gasteiger partial charge < -0.3 is 4.74 Å². The Balaban J connectivity index is 1.68. The lowest BCUT2D eigenvalue weighted by molar-refractivity contribution is 0.304. The van der Waals surface area contributed by atoms with Crippen molar-refractivity contribution in [2.24, 2.45) is 0 Å². The summed E-state index contributed by atoms with van der Waals surface area (Å²) in [6, 6.07) is 0. The number of hydrogen-bond donors (Lipinski definition) is 1. The lowest BCUT2D eigenvalue weighted by Gasteiger charge is -2.04. The SMILES string of the molecule is CCCCCCCCCCCCCCCCOc1cn[nH]c1. The second kappa shape index (κ2) is 14.9. The highest BCUT2D eigenvalue weighted by atomic mass is 16.5. The van der Waals surface area contributed by atoms with E-state index in [0.29, 0.717) is 0 Å². The van der Waals surface area contributed by atoms with Crippen molar-refractivity contribution in [3.63, 3.8) is 0 Å². The first-order chi connectivity index (χ1) is 10.9. The number of hydrogen-bond acceptors (Lipinski definition) is 2. The zero-order valence-electron chi connectivity index (χ0n) is 14.6. The molecule has 0 aliphatic carbocycles. The van der Waals surface area contributed by atoms with Crippen molar-refractivity contribution in [2.45, 2.75) is 96.8 Å². The lowest BCUT2D eigenvalue weighted by Crippen LogP contribution is -1.96. The molecule has 0 bridgehead atoms. The fourth-order valence-corrected chi connectivity index (χ4v) is 2.80. The van der Waals surface area contributed by atoms with Crippen LogP contribution in [0.2, 0.25) is 0 Å². The Bertz CT molecular complexity index is 311. The number of nitrogens with zero attached hydrogens (tertiary/aromatic N) is 1. The maximum atomic E-state index is 5.56. The van der Waals surface area contributed by atoms with Crippen molar-refractivity contribution < 1.29 is 4.74 Å². The average molecular weight is 309 g/mol. The fourth-order valence-electron chi connectivity index (χ4n) is 2.80. The Kier molecular flexibility index (Phi) is 12.9. The number of nitrogens with one attached hydrogen (secondary N) is 1. The summed E-state index contributed by atoms with van der Waals surface area (Å²) in [7, 11) is 0. The molecule has 3 heteroatoms. The van der Waals surface area contributed by atoms with Gasteiger partial charge in [0.05, 0.1) is 19.0 Å². The molecule has 1 aromatic rings. The van der Waals surface area contributed by atoms with E-state index in [0.717, 1.165) is 18.8 Å². The minimum absolute atomic E-state index is 0.817. The smallest absolute Gasteiger partial charge is 0.156 e. The van der Waals surface area contributed by atoms with Gasteiger partial charge in [-0.25, -0.2) is 0 Å². The van der Waals surface area contributed by atoms with E-state index in [2.05, 4.69) is 17.1 Å². The van der Waals surface area contributed by atoms with Crippen molar-refractivity contribution in [1.82, 2.24) is 10.2 Å². The van der Waals surface area contributed by atoms with E-state index < -0.39 is 0 Å². The van der Waals surface area contributed by atoms with E-state index >= 15 is 0 Å². The first-order valence-electron chi connectivity index (χ1n) is 9.55. The molecule has 0 fully saturated rings. The summed E-state index contributed by atoms with van der Waals surface area (Å²) in [5, 5.41) is 6.62. The Morgan fingerprint density at radius 1 is 0.773 bits per heavy atom. The standard InChI is InChI=1S/C19H36N2O/c1-2-3-4-5-6-7-8-9-10-11-12-13-14-15-16-22-19-17-20-21-18-19/h17-18H,2-16H2,1H3,(H,20,21). The molecule has 1 N–H and O–H groups in total. The Hall–Kier alpha value is -0.990. The second-order valence-corrected chi connectivity index (χ2v) is 6.38. The molecule has 0 aliphatic rings. The summed E-state index contributed by atoms with van der Waals surface area (Å²) < 4.78 is 5.56. The van der Waals surface area contributed by atoms with Crippen LogP contribution < -0.4 is 4.74 Å². The highest BCUT2D eigenvalue weighted by molar-refractivity contribution is 5.09. The molecule has 1 heterocycles.